The Labute approximate surface area is 124 Å². The predicted octanol–water partition coefficient (Wildman–Crippen LogP) is 4.18. The summed E-state index contributed by atoms with van der Waals surface area (Å²) in [5, 5.41) is 6.54. The summed E-state index contributed by atoms with van der Waals surface area (Å²) in [6.45, 7) is 5.53. The van der Waals surface area contributed by atoms with Crippen molar-refractivity contribution in [3.8, 4) is 0 Å². The Kier molecular flexibility index (Phi) is 4.33. The molecule has 1 aliphatic rings. The molecule has 4 heteroatoms. The van der Waals surface area contributed by atoms with Crippen molar-refractivity contribution in [1.29, 1.82) is 0 Å². The summed E-state index contributed by atoms with van der Waals surface area (Å²) in [6.07, 6.45) is 4.05. The van der Waals surface area contributed by atoms with Gasteiger partial charge in [-0.05, 0) is 45.0 Å². The number of aryl methyl sites for hydroxylation is 1. The van der Waals surface area contributed by atoms with Gasteiger partial charge < -0.3 is 5.32 Å². The van der Waals surface area contributed by atoms with Crippen molar-refractivity contribution in [2.24, 2.45) is 0 Å². The summed E-state index contributed by atoms with van der Waals surface area (Å²) in [7, 11) is 0. The van der Waals surface area contributed by atoms with E-state index in [0.717, 1.165) is 17.4 Å². The van der Waals surface area contributed by atoms with Crippen LogP contribution in [0.25, 0.3) is 0 Å². The number of nitrogens with one attached hydrogen (secondary N) is 1. The van der Waals surface area contributed by atoms with E-state index >= 15 is 0 Å². The molecule has 1 aliphatic heterocycles. The van der Waals surface area contributed by atoms with Gasteiger partial charge >= 0.3 is 0 Å². The molecule has 1 N–H and O–H groups in total. The molecule has 3 rings (SSSR count). The Morgan fingerprint density at radius 2 is 1.90 bits per heavy atom. The average molecular weight is 287 g/mol. The van der Waals surface area contributed by atoms with E-state index in [-0.39, 0.29) is 0 Å². The van der Waals surface area contributed by atoms with Crippen molar-refractivity contribution in [3.63, 3.8) is 0 Å². The Balaban J connectivity index is 1.60. The topological polar surface area (TPSA) is 28.2 Å². The molecule has 2 heterocycles. The molecular weight excluding hydrogens is 266 g/mol. The highest BCUT2D eigenvalue weighted by atomic mass is 32.1. The predicted molar refractivity (Wildman–Crippen MR) is 85.7 cm³/mol. The van der Waals surface area contributed by atoms with Crippen LogP contribution in [0.3, 0.4) is 0 Å². The fourth-order valence-corrected chi connectivity index (χ4v) is 3.27. The molecule has 0 saturated carbocycles. The first kappa shape index (κ1) is 13.6. The molecule has 0 radical (unpaired) electrons. The maximum Gasteiger partial charge on any atom is 0.187 e. The number of rotatable bonds is 4. The number of hydrogen-bond donors (Lipinski definition) is 1. The monoisotopic (exact) mass is 287 g/mol. The van der Waals surface area contributed by atoms with E-state index in [2.05, 4.69) is 51.8 Å². The molecule has 0 atom stereocenters. The summed E-state index contributed by atoms with van der Waals surface area (Å²) >= 11 is 1.69. The van der Waals surface area contributed by atoms with Crippen LogP contribution in [0.4, 0.5) is 10.8 Å². The summed E-state index contributed by atoms with van der Waals surface area (Å²) in [5.41, 5.74) is 3.57. The quantitative estimate of drug-likeness (QED) is 0.914. The van der Waals surface area contributed by atoms with E-state index in [1.54, 1.807) is 11.3 Å². The van der Waals surface area contributed by atoms with Crippen LogP contribution < -0.4 is 5.32 Å². The van der Waals surface area contributed by atoms with E-state index < -0.39 is 0 Å². The highest BCUT2D eigenvalue weighted by Crippen LogP contribution is 2.22. The van der Waals surface area contributed by atoms with Crippen LogP contribution in [0.2, 0.25) is 0 Å². The minimum Gasteiger partial charge on any atom is -0.332 e. The summed E-state index contributed by atoms with van der Waals surface area (Å²) in [4.78, 5) is 7.20. The van der Waals surface area contributed by atoms with Crippen molar-refractivity contribution < 1.29 is 0 Å². The van der Waals surface area contributed by atoms with Crippen LogP contribution in [0, 0.1) is 6.92 Å². The molecule has 1 aromatic heterocycles. The van der Waals surface area contributed by atoms with Crippen LogP contribution in [0.5, 0.6) is 0 Å². The van der Waals surface area contributed by atoms with Gasteiger partial charge in [-0.3, -0.25) is 4.90 Å². The van der Waals surface area contributed by atoms with E-state index in [4.69, 9.17) is 0 Å². The largest absolute Gasteiger partial charge is 0.332 e. The van der Waals surface area contributed by atoms with Crippen LogP contribution in [0.1, 0.15) is 30.5 Å². The lowest BCUT2D eigenvalue weighted by molar-refractivity contribution is 0.219. The van der Waals surface area contributed by atoms with Gasteiger partial charge in [0.15, 0.2) is 5.13 Å². The number of nitrogens with zero attached hydrogens (tertiary/aromatic N) is 2. The van der Waals surface area contributed by atoms with Gasteiger partial charge in [-0.25, -0.2) is 4.98 Å². The zero-order valence-electron chi connectivity index (χ0n) is 11.9. The van der Waals surface area contributed by atoms with Gasteiger partial charge in [-0.1, -0.05) is 24.1 Å². The normalized spacial score (nSPS) is 16.2. The van der Waals surface area contributed by atoms with Gasteiger partial charge in [-0.2, -0.15) is 0 Å². The van der Waals surface area contributed by atoms with Crippen LogP contribution in [0.15, 0.2) is 29.6 Å². The first-order chi connectivity index (χ1) is 9.79. The number of aromatic nitrogens is 1. The van der Waals surface area contributed by atoms with Crippen LogP contribution in [-0.4, -0.2) is 23.0 Å². The first-order valence-corrected chi connectivity index (χ1v) is 8.18. The number of piperidine rings is 1. The van der Waals surface area contributed by atoms with Gasteiger partial charge in [0.2, 0.25) is 0 Å². The lowest BCUT2D eigenvalue weighted by Gasteiger charge is -2.25. The second kappa shape index (κ2) is 6.37. The highest BCUT2D eigenvalue weighted by molar-refractivity contribution is 7.13. The van der Waals surface area contributed by atoms with Crippen LogP contribution in [-0.2, 0) is 6.54 Å². The summed E-state index contributed by atoms with van der Waals surface area (Å²) in [6, 6.07) is 8.43. The molecule has 1 saturated heterocycles. The van der Waals surface area contributed by atoms with Gasteiger partial charge in [0.25, 0.3) is 0 Å². The minimum atomic E-state index is 0.987. The number of thiazole rings is 1. The maximum absolute atomic E-state index is 4.69. The smallest absolute Gasteiger partial charge is 0.187 e. The van der Waals surface area contributed by atoms with Gasteiger partial charge in [-0.15, -0.1) is 11.3 Å². The van der Waals surface area contributed by atoms with Crippen molar-refractivity contribution in [2.75, 3.05) is 18.4 Å². The first-order valence-electron chi connectivity index (χ1n) is 7.30. The molecular formula is C16H21N3S. The van der Waals surface area contributed by atoms with Gasteiger partial charge in [0.05, 0.1) is 5.69 Å². The zero-order valence-corrected chi connectivity index (χ0v) is 12.7. The molecule has 3 nitrogen and oxygen atoms in total. The Bertz CT molecular complexity index is 541. The molecule has 0 bridgehead atoms. The van der Waals surface area contributed by atoms with E-state index in [9.17, 15) is 0 Å². The Morgan fingerprint density at radius 1 is 1.15 bits per heavy atom. The summed E-state index contributed by atoms with van der Waals surface area (Å²) in [5.74, 6) is 0. The molecule has 0 amide bonds. The maximum atomic E-state index is 4.69. The van der Waals surface area contributed by atoms with Crippen molar-refractivity contribution in [2.45, 2.75) is 32.7 Å². The van der Waals surface area contributed by atoms with Crippen molar-refractivity contribution >= 4 is 22.2 Å². The number of anilines is 2. The third-order valence-electron chi connectivity index (χ3n) is 3.69. The number of likely N-dealkylation sites (tertiary alicyclic amines) is 1. The molecule has 20 heavy (non-hydrogen) atoms. The molecule has 1 aromatic carbocycles. The lowest BCUT2D eigenvalue weighted by Crippen LogP contribution is -2.29. The highest BCUT2D eigenvalue weighted by Gasteiger charge is 2.12. The third-order valence-corrected chi connectivity index (χ3v) is 4.50. The van der Waals surface area contributed by atoms with Crippen molar-refractivity contribution in [1.82, 2.24) is 9.88 Å². The molecule has 106 valence electrons. The zero-order chi connectivity index (χ0) is 13.8. The molecule has 1 fully saturated rings. The van der Waals surface area contributed by atoms with Crippen LogP contribution >= 0.6 is 11.3 Å². The fraction of sp³-hybridized carbons (Fsp3) is 0.438. The van der Waals surface area contributed by atoms with E-state index in [1.807, 2.05) is 0 Å². The Hall–Kier alpha value is -1.39. The molecule has 0 aliphatic carbocycles. The minimum absolute atomic E-state index is 0.987. The fourth-order valence-electron chi connectivity index (χ4n) is 2.54. The molecule has 0 unspecified atom stereocenters. The number of hydrogen-bond acceptors (Lipinski definition) is 4. The third kappa shape index (κ3) is 3.58. The Morgan fingerprint density at radius 3 is 2.65 bits per heavy atom. The lowest BCUT2D eigenvalue weighted by atomic mass is 10.1. The molecule has 2 aromatic rings. The SMILES string of the molecule is Cc1ccc(Nc2nc(CN3CCCCC3)cs2)cc1. The summed E-state index contributed by atoms with van der Waals surface area (Å²) < 4.78 is 0. The van der Waals surface area contributed by atoms with Gasteiger partial charge in [0, 0.05) is 17.6 Å². The van der Waals surface area contributed by atoms with E-state index in [1.165, 1.54) is 43.6 Å². The standard InChI is InChI=1S/C16H21N3S/c1-13-5-7-14(8-6-13)17-16-18-15(12-20-16)11-19-9-3-2-4-10-19/h5-8,12H,2-4,9-11H2,1H3,(H,17,18). The molecule has 0 spiro atoms. The second-order valence-corrected chi connectivity index (χ2v) is 6.33. The average Bonchev–Trinajstić information content (AvgIpc) is 2.90. The van der Waals surface area contributed by atoms with Gasteiger partial charge in [0.1, 0.15) is 0 Å². The number of benzene rings is 1. The van der Waals surface area contributed by atoms with Crippen molar-refractivity contribution in [3.05, 3.63) is 40.9 Å². The second-order valence-electron chi connectivity index (χ2n) is 5.47. The van der Waals surface area contributed by atoms with E-state index in [0.29, 0.717) is 0 Å².